The number of carbonyl (C=O) groups is 2. The lowest BCUT2D eigenvalue weighted by Crippen LogP contribution is -2.38. The van der Waals surface area contributed by atoms with Gasteiger partial charge in [-0.25, -0.2) is 0 Å². The van der Waals surface area contributed by atoms with E-state index >= 15 is 0 Å². The summed E-state index contributed by atoms with van der Waals surface area (Å²) in [6.45, 7) is 2.77. The summed E-state index contributed by atoms with van der Waals surface area (Å²) in [7, 11) is 0. The lowest BCUT2D eigenvalue weighted by molar-refractivity contribution is -0.127. The third kappa shape index (κ3) is 4.83. The summed E-state index contributed by atoms with van der Waals surface area (Å²) < 4.78 is 5.52. The molecule has 2 aromatic heterocycles. The number of likely N-dealkylation sites (tertiary alicyclic amines) is 1. The van der Waals surface area contributed by atoms with Gasteiger partial charge in [-0.05, 0) is 54.6 Å². The number of amides is 2. The van der Waals surface area contributed by atoms with E-state index < -0.39 is 0 Å². The molecule has 154 valence electrons. The van der Waals surface area contributed by atoms with Gasteiger partial charge in [0.2, 0.25) is 23.5 Å². The Labute approximate surface area is 178 Å². The Hall–Kier alpha value is -3.26. The molecule has 1 aromatic carbocycles. The van der Waals surface area contributed by atoms with E-state index in [9.17, 15) is 9.59 Å². The highest BCUT2D eigenvalue weighted by atomic mass is 32.1. The number of thiophene rings is 1. The molecule has 1 N–H and O–H groups in total. The zero-order chi connectivity index (χ0) is 20.9. The van der Waals surface area contributed by atoms with Crippen molar-refractivity contribution in [3.05, 3.63) is 58.6 Å². The van der Waals surface area contributed by atoms with Gasteiger partial charge < -0.3 is 14.7 Å². The van der Waals surface area contributed by atoms with E-state index in [4.69, 9.17) is 4.52 Å². The Bertz CT molecular complexity index is 1040. The molecule has 1 fully saturated rings. The second-order valence-corrected chi connectivity index (χ2v) is 8.17. The van der Waals surface area contributed by atoms with E-state index in [0.29, 0.717) is 23.9 Å². The highest BCUT2D eigenvalue weighted by Crippen LogP contribution is 2.28. The Balaban J connectivity index is 1.41. The molecule has 3 heterocycles. The fourth-order valence-corrected chi connectivity index (χ4v) is 4.07. The van der Waals surface area contributed by atoms with Gasteiger partial charge in [-0.3, -0.25) is 9.59 Å². The molecule has 0 radical (unpaired) electrons. The number of carbonyl (C=O) groups excluding carboxylic acids is 2. The van der Waals surface area contributed by atoms with Crippen molar-refractivity contribution in [2.45, 2.75) is 25.7 Å². The van der Waals surface area contributed by atoms with Crippen molar-refractivity contribution >= 4 is 34.9 Å². The number of rotatable bonds is 5. The third-order valence-electron chi connectivity index (χ3n) is 4.92. The molecule has 1 aliphatic heterocycles. The van der Waals surface area contributed by atoms with Gasteiger partial charge in [0.25, 0.3) is 0 Å². The third-order valence-corrected chi connectivity index (χ3v) is 5.76. The first-order valence-electron chi connectivity index (χ1n) is 9.80. The zero-order valence-corrected chi connectivity index (χ0v) is 17.4. The summed E-state index contributed by atoms with van der Waals surface area (Å²) in [5.74, 6) is 0.960. The minimum absolute atomic E-state index is 0.00130. The molecule has 3 aromatic rings. The molecule has 8 heteroatoms. The number of nitrogens with zero attached hydrogens (tertiary/aromatic N) is 3. The summed E-state index contributed by atoms with van der Waals surface area (Å²) in [4.78, 5) is 31.1. The fourth-order valence-electron chi connectivity index (χ4n) is 3.45. The first kappa shape index (κ1) is 20.0. The van der Waals surface area contributed by atoms with Crippen molar-refractivity contribution in [3.63, 3.8) is 0 Å². The first-order chi connectivity index (χ1) is 14.6. The van der Waals surface area contributed by atoms with E-state index in [2.05, 4.69) is 15.5 Å². The van der Waals surface area contributed by atoms with Crippen LogP contribution in [0.15, 0.2) is 52.4 Å². The van der Waals surface area contributed by atoms with Crippen LogP contribution < -0.4 is 5.32 Å². The van der Waals surface area contributed by atoms with Crippen molar-refractivity contribution < 1.29 is 14.1 Å². The number of hydrogen-bond donors (Lipinski definition) is 1. The Morgan fingerprint density at radius 2 is 2.10 bits per heavy atom. The van der Waals surface area contributed by atoms with Crippen LogP contribution in [0.4, 0.5) is 5.69 Å². The normalized spacial score (nSPS) is 16.7. The average molecular weight is 423 g/mol. The minimum Gasteiger partial charge on any atom is -0.339 e. The number of nitrogens with one attached hydrogen (secondary N) is 1. The van der Waals surface area contributed by atoms with Crippen LogP contribution in [0.2, 0.25) is 0 Å². The number of benzene rings is 1. The topological polar surface area (TPSA) is 88.3 Å². The van der Waals surface area contributed by atoms with Gasteiger partial charge in [-0.1, -0.05) is 11.2 Å². The summed E-state index contributed by atoms with van der Waals surface area (Å²) in [5.41, 5.74) is 1.52. The van der Waals surface area contributed by atoms with E-state index in [0.717, 1.165) is 29.8 Å². The molecule has 0 unspecified atom stereocenters. The van der Waals surface area contributed by atoms with Crippen LogP contribution in [0.5, 0.6) is 0 Å². The molecule has 2 amide bonds. The molecule has 7 nitrogen and oxygen atoms in total. The van der Waals surface area contributed by atoms with Crippen LogP contribution in [0.3, 0.4) is 0 Å². The standard InChI is InChI=1S/C22H22N4O3S/c1-15(27)23-18-8-6-16(7-9-18)21-24-22(29-25-21)17-4-2-12-26(14-17)20(28)11-10-19-5-3-13-30-19/h3,5-11,13,17H,2,4,12,14H2,1H3,(H,23,27)/b11-10+/t17-/m0/s1. The van der Waals surface area contributed by atoms with Gasteiger partial charge >= 0.3 is 0 Å². The van der Waals surface area contributed by atoms with Gasteiger partial charge in [0.15, 0.2) is 0 Å². The average Bonchev–Trinajstić information content (AvgIpc) is 3.44. The van der Waals surface area contributed by atoms with Crippen LogP contribution in [0, 0.1) is 0 Å². The van der Waals surface area contributed by atoms with Crippen molar-refractivity contribution in [2.75, 3.05) is 18.4 Å². The molecule has 1 saturated heterocycles. The number of piperidine rings is 1. The van der Waals surface area contributed by atoms with Crippen molar-refractivity contribution in [2.24, 2.45) is 0 Å². The molecule has 0 bridgehead atoms. The molecule has 1 atom stereocenters. The summed E-state index contributed by atoms with van der Waals surface area (Å²) >= 11 is 1.60. The summed E-state index contributed by atoms with van der Waals surface area (Å²) in [6.07, 6.45) is 5.28. The van der Waals surface area contributed by atoms with Crippen LogP contribution in [-0.2, 0) is 9.59 Å². The second kappa shape index (κ2) is 9.04. The molecular formula is C22H22N4O3S. The first-order valence-corrected chi connectivity index (χ1v) is 10.7. The molecule has 1 aliphatic rings. The van der Waals surface area contributed by atoms with Crippen molar-refractivity contribution in [1.29, 1.82) is 0 Å². The quantitative estimate of drug-likeness (QED) is 0.623. The van der Waals surface area contributed by atoms with E-state index in [1.165, 1.54) is 6.92 Å². The predicted molar refractivity (Wildman–Crippen MR) is 116 cm³/mol. The monoisotopic (exact) mass is 422 g/mol. The van der Waals surface area contributed by atoms with Crippen LogP contribution in [0.25, 0.3) is 17.5 Å². The zero-order valence-electron chi connectivity index (χ0n) is 16.6. The highest BCUT2D eigenvalue weighted by Gasteiger charge is 2.28. The maximum absolute atomic E-state index is 12.6. The van der Waals surface area contributed by atoms with Crippen LogP contribution in [0.1, 0.15) is 36.5 Å². The largest absolute Gasteiger partial charge is 0.339 e. The smallest absolute Gasteiger partial charge is 0.246 e. The number of anilines is 1. The van der Waals surface area contributed by atoms with Crippen LogP contribution >= 0.6 is 11.3 Å². The van der Waals surface area contributed by atoms with Gasteiger partial charge in [0.05, 0.1) is 5.92 Å². The maximum atomic E-state index is 12.6. The SMILES string of the molecule is CC(=O)Nc1ccc(-c2noc([C@H]3CCCN(C(=O)/C=C/c4cccs4)C3)n2)cc1. The van der Waals surface area contributed by atoms with Crippen molar-refractivity contribution in [3.8, 4) is 11.4 Å². The number of aromatic nitrogens is 2. The maximum Gasteiger partial charge on any atom is 0.246 e. The summed E-state index contributed by atoms with van der Waals surface area (Å²) in [5, 5.41) is 8.82. The Morgan fingerprint density at radius 1 is 1.27 bits per heavy atom. The Kier molecular flexibility index (Phi) is 6.04. The highest BCUT2D eigenvalue weighted by molar-refractivity contribution is 7.10. The van der Waals surface area contributed by atoms with Gasteiger partial charge in [0.1, 0.15) is 0 Å². The van der Waals surface area contributed by atoms with Gasteiger partial charge in [0, 0.05) is 42.2 Å². The van der Waals surface area contributed by atoms with Gasteiger partial charge in [-0.2, -0.15) is 4.98 Å². The lowest BCUT2D eigenvalue weighted by atomic mass is 9.98. The van der Waals surface area contributed by atoms with E-state index in [1.807, 2.05) is 40.6 Å². The molecular weight excluding hydrogens is 400 g/mol. The Morgan fingerprint density at radius 3 is 2.83 bits per heavy atom. The number of hydrogen-bond acceptors (Lipinski definition) is 6. The molecule has 4 rings (SSSR count). The van der Waals surface area contributed by atoms with E-state index in [1.54, 1.807) is 29.5 Å². The fraction of sp³-hybridized carbons (Fsp3) is 0.273. The molecule has 0 saturated carbocycles. The summed E-state index contributed by atoms with van der Waals surface area (Å²) in [6, 6.07) is 11.2. The van der Waals surface area contributed by atoms with Crippen LogP contribution in [-0.4, -0.2) is 39.9 Å². The van der Waals surface area contributed by atoms with E-state index in [-0.39, 0.29) is 17.7 Å². The molecule has 30 heavy (non-hydrogen) atoms. The molecule has 0 aliphatic carbocycles. The van der Waals surface area contributed by atoms with Gasteiger partial charge in [-0.15, -0.1) is 11.3 Å². The van der Waals surface area contributed by atoms with Crippen molar-refractivity contribution in [1.82, 2.24) is 15.0 Å². The minimum atomic E-state index is -0.119. The predicted octanol–water partition coefficient (Wildman–Crippen LogP) is 4.18. The lowest BCUT2D eigenvalue weighted by Gasteiger charge is -2.30. The molecule has 0 spiro atoms. The second-order valence-electron chi connectivity index (χ2n) is 7.19.